The van der Waals surface area contributed by atoms with Crippen molar-refractivity contribution in [2.75, 3.05) is 23.8 Å². The van der Waals surface area contributed by atoms with E-state index in [0.717, 1.165) is 5.69 Å². The van der Waals surface area contributed by atoms with Crippen molar-refractivity contribution in [3.8, 4) is 11.5 Å². The van der Waals surface area contributed by atoms with E-state index in [1.54, 1.807) is 18.2 Å². The fourth-order valence-electron chi connectivity index (χ4n) is 2.78. The lowest BCUT2D eigenvalue weighted by molar-refractivity contribution is 0.102. The van der Waals surface area contributed by atoms with Crippen molar-refractivity contribution in [1.29, 1.82) is 0 Å². The molecule has 0 atom stereocenters. The molecule has 0 aliphatic carbocycles. The molecule has 3 aromatic rings. The fourth-order valence-corrected chi connectivity index (χ4v) is 2.78. The zero-order chi connectivity index (χ0) is 19.5. The minimum Gasteiger partial charge on any atom is -0.486 e. The number of ether oxygens (including phenoxy) is 2. The molecule has 4 rings (SSSR count). The Labute approximate surface area is 162 Å². The molecule has 0 saturated heterocycles. The van der Waals surface area contributed by atoms with Crippen LogP contribution in [0.1, 0.15) is 21.5 Å². The quantitative estimate of drug-likeness (QED) is 0.719. The monoisotopic (exact) mass is 376 g/mol. The largest absolute Gasteiger partial charge is 0.486 e. The van der Waals surface area contributed by atoms with E-state index in [4.69, 9.17) is 9.47 Å². The molecule has 2 N–H and O–H groups in total. The number of amides is 1. The van der Waals surface area contributed by atoms with Gasteiger partial charge in [-0.15, -0.1) is 0 Å². The molecule has 1 aromatic heterocycles. The lowest BCUT2D eigenvalue weighted by atomic mass is 10.1. The zero-order valence-electron chi connectivity index (χ0n) is 15.7. The van der Waals surface area contributed by atoms with Crippen LogP contribution in [0.5, 0.6) is 11.5 Å². The number of aryl methyl sites for hydroxylation is 2. The molecule has 7 nitrogen and oxygen atoms in total. The molecule has 0 fully saturated rings. The first-order valence-corrected chi connectivity index (χ1v) is 8.96. The Morgan fingerprint density at radius 1 is 0.893 bits per heavy atom. The summed E-state index contributed by atoms with van der Waals surface area (Å²) in [7, 11) is 0. The third-order valence-electron chi connectivity index (χ3n) is 4.48. The number of benzene rings is 2. The van der Waals surface area contributed by atoms with Crippen LogP contribution in [-0.2, 0) is 0 Å². The van der Waals surface area contributed by atoms with Crippen molar-refractivity contribution < 1.29 is 14.3 Å². The highest BCUT2D eigenvalue weighted by Gasteiger charge is 2.14. The van der Waals surface area contributed by atoms with E-state index in [1.807, 2.05) is 25.1 Å². The highest BCUT2D eigenvalue weighted by molar-refractivity contribution is 6.04. The van der Waals surface area contributed by atoms with Crippen molar-refractivity contribution >= 4 is 23.2 Å². The molecule has 7 heteroatoms. The maximum Gasteiger partial charge on any atom is 0.258 e. The third kappa shape index (κ3) is 3.88. The van der Waals surface area contributed by atoms with Gasteiger partial charge in [-0.1, -0.05) is 6.07 Å². The predicted octanol–water partition coefficient (Wildman–Crippen LogP) is 3.86. The molecule has 2 heterocycles. The van der Waals surface area contributed by atoms with Crippen LogP contribution in [-0.4, -0.2) is 29.1 Å². The van der Waals surface area contributed by atoms with Gasteiger partial charge in [0.05, 0.1) is 5.56 Å². The first kappa shape index (κ1) is 17.8. The average molecular weight is 376 g/mol. The normalized spacial score (nSPS) is 12.4. The van der Waals surface area contributed by atoms with Gasteiger partial charge in [-0.05, 0) is 49.2 Å². The van der Waals surface area contributed by atoms with Gasteiger partial charge >= 0.3 is 0 Å². The lowest BCUT2D eigenvalue weighted by Gasteiger charge is -2.19. The SMILES string of the molecule is Cc1ccc(Nc2ncc(C(=O)Nc3ccc4c(c3)OCCO4)cn2)cc1C. The number of anilines is 3. The number of hydrogen-bond acceptors (Lipinski definition) is 6. The van der Waals surface area contributed by atoms with Gasteiger partial charge in [-0.25, -0.2) is 9.97 Å². The molecule has 0 radical (unpaired) electrons. The van der Waals surface area contributed by atoms with E-state index < -0.39 is 0 Å². The average Bonchev–Trinajstić information content (AvgIpc) is 2.71. The van der Waals surface area contributed by atoms with E-state index in [0.29, 0.717) is 41.9 Å². The Balaban J connectivity index is 1.43. The van der Waals surface area contributed by atoms with Crippen LogP contribution in [0, 0.1) is 13.8 Å². The van der Waals surface area contributed by atoms with Crippen molar-refractivity contribution in [2.24, 2.45) is 0 Å². The Morgan fingerprint density at radius 3 is 2.36 bits per heavy atom. The molecule has 0 spiro atoms. The van der Waals surface area contributed by atoms with E-state index in [9.17, 15) is 4.79 Å². The van der Waals surface area contributed by atoms with Gasteiger partial charge in [0, 0.05) is 29.8 Å². The standard InChI is InChI=1S/C21H20N4O3/c1-13-3-4-16(9-14(13)2)25-21-22-11-15(12-23-21)20(26)24-17-5-6-18-19(10-17)28-8-7-27-18/h3-6,9-12H,7-8H2,1-2H3,(H,24,26)(H,22,23,25). The molecule has 0 bridgehead atoms. The van der Waals surface area contributed by atoms with Gasteiger partial charge in [-0.2, -0.15) is 0 Å². The molecule has 142 valence electrons. The van der Waals surface area contributed by atoms with E-state index in [2.05, 4.69) is 27.5 Å². The molecule has 0 unspecified atom stereocenters. The third-order valence-corrected chi connectivity index (χ3v) is 4.48. The minimum absolute atomic E-state index is 0.297. The van der Waals surface area contributed by atoms with Crippen LogP contribution >= 0.6 is 0 Å². The Morgan fingerprint density at radius 2 is 1.61 bits per heavy atom. The first-order valence-electron chi connectivity index (χ1n) is 8.96. The summed E-state index contributed by atoms with van der Waals surface area (Å²) in [6.07, 6.45) is 2.98. The molecule has 2 aromatic carbocycles. The molecule has 0 saturated carbocycles. The maximum atomic E-state index is 12.5. The highest BCUT2D eigenvalue weighted by atomic mass is 16.6. The molecule has 1 aliphatic rings. The molecule has 28 heavy (non-hydrogen) atoms. The number of hydrogen-bond donors (Lipinski definition) is 2. The van der Waals surface area contributed by atoms with E-state index in [-0.39, 0.29) is 5.91 Å². The summed E-state index contributed by atoms with van der Waals surface area (Å²) >= 11 is 0. The summed E-state index contributed by atoms with van der Waals surface area (Å²) in [5.41, 5.74) is 4.28. The number of carbonyl (C=O) groups is 1. The zero-order valence-corrected chi connectivity index (χ0v) is 15.7. The van der Waals surface area contributed by atoms with Gasteiger partial charge in [0.1, 0.15) is 13.2 Å². The number of aromatic nitrogens is 2. The molecule has 1 amide bonds. The second-order valence-electron chi connectivity index (χ2n) is 6.53. The van der Waals surface area contributed by atoms with Gasteiger partial charge in [0.2, 0.25) is 5.95 Å². The van der Waals surface area contributed by atoms with Gasteiger partial charge in [-0.3, -0.25) is 4.79 Å². The minimum atomic E-state index is -0.297. The second-order valence-corrected chi connectivity index (χ2v) is 6.53. The van der Waals surface area contributed by atoms with Crippen LogP contribution in [0.2, 0.25) is 0 Å². The number of fused-ring (bicyclic) bond motifs is 1. The molecular weight excluding hydrogens is 356 g/mol. The highest BCUT2D eigenvalue weighted by Crippen LogP contribution is 2.32. The molecular formula is C21H20N4O3. The summed E-state index contributed by atoms with van der Waals surface area (Å²) < 4.78 is 11.0. The topological polar surface area (TPSA) is 85.4 Å². The summed E-state index contributed by atoms with van der Waals surface area (Å²) in [6, 6.07) is 11.3. The van der Waals surface area contributed by atoms with Crippen molar-refractivity contribution in [3.05, 3.63) is 65.5 Å². The number of nitrogens with zero attached hydrogens (tertiary/aromatic N) is 2. The van der Waals surface area contributed by atoms with Crippen LogP contribution in [0.25, 0.3) is 0 Å². The second kappa shape index (κ2) is 7.56. The van der Waals surface area contributed by atoms with Crippen LogP contribution < -0.4 is 20.1 Å². The predicted molar refractivity (Wildman–Crippen MR) is 107 cm³/mol. The summed E-state index contributed by atoms with van der Waals surface area (Å²) in [5.74, 6) is 1.43. The van der Waals surface area contributed by atoms with E-state index >= 15 is 0 Å². The summed E-state index contributed by atoms with van der Waals surface area (Å²) in [4.78, 5) is 20.9. The van der Waals surface area contributed by atoms with E-state index in [1.165, 1.54) is 23.5 Å². The van der Waals surface area contributed by atoms with Gasteiger partial charge in [0.15, 0.2) is 11.5 Å². The van der Waals surface area contributed by atoms with Crippen molar-refractivity contribution in [1.82, 2.24) is 9.97 Å². The van der Waals surface area contributed by atoms with Gasteiger partial charge < -0.3 is 20.1 Å². The molecule has 1 aliphatic heterocycles. The number of nitrogens with one attached hydrogen (secondary N) is 2. The number of carbonyl (C=O) groups excluding carboxylic acids is 1. The van der Waals surface area contributed by atoms with Crippen LogP contribution in [0.4, 0.5) is 17.3 Å². The Hall–Kier alpha value is -3.61. The Kier molecular flexibility index (Phi) is 4.80. The Bertz CT molecular complexity index is 1020. The maximum absolute atomic E-state index is 12.5. The van der Waals surface area contributed by atoms with Gasteiger partial charge in [0.25, 0.3) is 5.91 Å². The summed E-state index contributed by atoms with van der Waals surface area (Å²) in [5, 5.41) is 5.95. The van der Waals surface area contributed by atoms with Crippen LogP contribution in [0.15, 0.2) is 48.8 Å². The first-order chi connectivity index (χ1) is 13.6. The van der Waals surface area contributed by atoms with Crippen molar-refractivity contribution in [2.45, 2.75) is 13.8 Å². The van der Waals surface area contributed by atoms with Crippen LogP contribution in [0.3, 0.4) is 0 Å². The fraction of sp³-hybridized carbons (Fsp3) is 0.190. The lowest BCUT2D eigenvalue weighted by Crippen LogP contribution is -2.16. The van der Waals surface area contributed by atoms with Crippen molar-refractivity contribution in [3.63, 3.8) is 0 Å². The summed E-state index contributed by atoms with van der Waals surface area (Å²) in [6.45, 7) is 5.13. The smallest absolute Gasteiger partial charge is 0.258 e. The number of rotatable bonds is 4.